The fourth-order valence-electron chi connectivity index (χ4n) is 3.19. The number of rotatable bonds is 3. The molecule has 1 aliphatic heterocycles. The molecule has 5 heteroatoms. The molecule has 1 N–H and O–H groups in total. The van der Waals surface area contributed by atoms with Gasteiger partial charge in [-0.3, -0.25) is 4.98 Å². The number of halogens is 1. The molecule has 0 atom stereocenters. The number of nitrogens with zero attached hydrogens (tertiary/aromatic N) is 3. The van der Waals surface area contributed by atoms with E-state index in [0.29, 0.717) is 5.02 Å². The lowest BCUT2D eigenvalue weighted by atomic mass is 10.1. The molecule has 4 nitrogen and oxygen atoms in total. The Labute approximate surface area is 146 Å². The van der Waals surface area contributed by atoms with Gasteiger partial charge in [-0.05, 0) is 43.5 Å². The van der Waals surface area contributed by atoms with Crippen LogP contribution in [0.3, 0.4) is 0 Å². The third-order valence-electron chi connectivity index (χ3n) is 4.37. The Bertz CT molecular complexity index is 842. The SMILES string of the molecule is Clc1ccccc1-n1nc(Cc2ccccn2)c2c1NCCCC2. The van der Waals surface area contributed by atoms with Crippen molar-refractivity contribution in [1.82, 2.24) is 14.8 Å². The maximum absolute atomic E-state index is 6.41. The number of hydrogen-bond donors (Lipinski definition) is 1. The van der Waals surface area contributed by atoms with Crippen LogP contribution in [-0.2, 0) is 12.8 Å². The number of fused-ring (bicyclic) bond motifs is 1. The summed E-state index contributed by atoms with van der Waals surface area (Å²) in [6.45, 7) is 0.964. The summed E-state index contributed by atoms with van der Waals surface area (Å²) in [6, 6.07) is 13.8. The molecule has 0 bridgehead atoms. The average Bonchev–Trinajstić information content (AvgIpc) is 2.79. The van der Waals surface area contributed by atoms with E-state index in [2.05, 4.69) is 10.3 Å². The van der Waals surface area contributed by atoms with Crippen LogP contribution in [0.15, 0.2) is 48.7 Å². The average molecular weight is 339 g/mol. The zero-order chi connectivity index (χ0) is 16.4. The second kappa shape index (κ2) is 6.65. The van der Waals surface area contributed by atoms with E-state index in [1.165, 1.54) is 18.4 Å². The lowest BCUT2D eigenvalue weighted by molar-refractivity contribution is 0.766. The van der Waals surface area contributed by atoms with E-state index in [-0.39, 0.29) is 0 Å². The first kappa shape index (κ1) is 15.2. The van der Waals surface area contributed by atoms with E-state index in [1.807, 2.05) is 53.3 Å². The summed E-state index contributed by atoms with van der Waals surface area (Å²) < 4.78 is 1.96. The monoisotopic (exact) mass is 338 g/mol. The molecule has 0 unspecified atom stereocenters. The smallest absolute Gasteiger partial charge is 0.133 e. The molecule has 0 radical (unpaired) electrons. The molecule has 0 aliphatic carbocycles. The number of aromatic nitrogens is 3. The summed E-state index contributed by atoms with van der Waals surface area (Å²) in [5.41, 5.74) is 4.32. The number of para-hydroxylation sites is 1. The van der Waals surface area contributed by atoms with Crippen LogP contribution in [0.5, 0.6) is 0 Å². The highest BCUT2D eigenvalue weighted by molar-refractivity contribution is 6.32. The number of benzene rings is 1. The van der Waals surface area contributed by atoms with Gasteiger partial charge in [-0.1, -0.05) is 29.8 Å². The molecule has 3 heterocycles. The molecule has 2 aromatic heterocycles. The van der Waals surface area contributed by atoms with Gasteiger partial charge in [0.1, 0.15) is 5.82 Å². The van der Waals surface area contributed by atoms with E-state index >= 15 is 0 Å². The van der Waals surface area contributed by atoms with E-state index < -0.39 is 0 Å². The second-order valence-corrected chi connectivity index (χ2v) is 6.43. The highest BCUT2D eigenvalue weighted by atomic mass is 35.5. The summed E-state index contributed by atoms with van der Waals surface area (Å²) in [6.07, 6.45) is 5.94. The summed E-state index contributed by atoms with van der Waals surface area (Å²) >= 11 is 6.41. The van der Waals surface area contributed by atoms with Crippen LogP contribution >= 0.6 is 11.6 Å². The van der Waals surface area contributed by atoms with E-state index in [1.54, 1.807) is 0 Å². The standard InChI is InChI=1S/C19H19ClN4/c20-16-9-1-2-10-18(16)24-19-15(8-4-6-12-22-19)17(23-24)13-14-7-3-5-11-21-14/h1-3,5,7,9-11,22H,4,6,8,12-13H2. The Hall–Kier alpha value is -2.33. The van der Waals surface area contributed by atoms with Crippen molar-refractivity contribution < 1.29 is 0 Å². The highest BCUT2D eigenvalue weighted by Crippen LogP contribution is 2.31. The maximum Gasteiger partial charge on any atom is 0.133 e. The van der Waals surface area contributed by atoms with Gasteiger partial charge in [-0.25, -0.2) is 4.68 Å². The predicted molar refractivity (Wildman–Crippen MR) is 97.0 cm³/mol. The fourth-order valence-corrected chi connectivity index (χ4v) is 3.40. The minimum atomic E-state index is 0.707. The lowest BCUT2D eigenvalue weighted by Crippen LogP contribution is -2.07. The van der Waals surface area contributed by atoms with Gasteiger partial charge < -0.3 is 5.32 Å². The van der Waals surface area contributed by atoms with Crippen molar-refractivity contribution in [3.8, 4) is 5.69 Å². The van der Waals surface area contributed by atoms with Crippen LogP contribution in [0.4, 0.5) is 5.82 Å². The normalized spacial score (nSPS) is 13.9. The molecule has 0 saturated heterocycles. The molecule has 4 rings (SSSR count). The first-order valence-corrected chi connectivity index (χ1v) is 8.70. The minimum absolute atomic E-state index is 0.707. The molecule has 0 saturated carbocycles. The van der Waals surface area contributed by atoms with Gasteiger partial charge in [0.15, 0.2) is 0 Å². The number of pyridine rings is 1. The lowest BCUT2D eigenvalue weighted by Gasteiger charge is -2.10. The Kier molecular flexibility index (Phi) is 4.22. The van der Waals surface area contributed by atoms with Crippen molar-refractivity contribution in [3.63, 3.8) is 0 Å². The minimum Gasteiger partial charge on any atom is -0.370 e. The zero-order valence-corrected chi connectivity index (χ0v) is 14.1. The van der Waals surface area contributed by atoms with Gasteiger partial charge in [0.25, 0.3) is 0 Å². The Morgan fingerprint density at radius 3 is 2.79 bits per heavy atom. The molecule has 1 aromatic carbocycles. The third-order valence-corrected chi connectivity index (χ3v) is 4.69. The fraction of sp³-hybridized carbons (Fsp3) is 0.263. The van der Waals surface area contributed by atoms with Crippen LogP contribution in [0.2, 0.25) is 5.02 Å². The first-order valence-electron chi connectivity index (χ1n) is 8.32. The zero-order valence-electron chi connectivity index (χ0n) is 13.4. The predicted octanol–water partition coefficient (Wildman–Crippen LogP) is 4.26. The topological polar surface area (TPSA) is 42.7 Å². The molecule has 1 aliphatic rings. The maximum atomic E-state index is 6.41. The Morgan fingerprint density at radius 2 is 1.96 bits per heavy atom. The van der Waals surface area contributed by atoms with Gasteiger partial charge in [0.2, 0.25) is 0 Å². The van der Waals surface area contributed by atoms with Crippen LogP contribution in [0, 0.1) is 0 Å². The van der Waals surface area contributed by atoms with Crippen molar-refractivity contribution in [2.24, 2.45) is 0 Å². The highest BCUT2D eigenvalue weighted by Gasteiger charge is 2.21. The van der Waals surface area contributed by atoms with Crippen molar-refractivity contribution in [2.75, 3.05) is 11.9 Å². The molecular weight excluding hydrogens is 320 g/mol. The van der Waals surface area contributed by atoms with Crippen LogP contribution in [-0.4, -0.2) is 21.3 Å². The molecule has 0 amide bonds. The molecule has 122 valence electrons. The quantitative estimate of drug-likeness (QED) is 0.776. The van der Waals surface area contributed by atoms with E-state index in [4.69, 9.17) is 16.7 Å². The number of nitrogens with one attached hydrogen (secondary N) is 1. The number of anilines is 1. The summed E-state index contributed by atoms with van der Waals surface area (Å²) in [5, 5.41) is 9.14. The third kappa shape index (κ3) is 2.89. The summed E-state index contributed by atoms with van der Waals surface area (Å²) in [4.78, 5) is 4.45. The molecule has 0 spiro atoms. The van der Waals surface area contributed by atoms with Crippen molar-refractivity contribution >= 4 is 17.4 Å². The van der Waals surface area contributed by atoms with E-state index in [0.717, 1.165) is 42.3 Å². The van der Waals surface area contributed by atoms with Gasteiger partial charge in [0.05, 0.1) is 16.4 Å². The summed E-state index contributed by atoms with van der Waals surface area (Å²) in [5.74, 6) is 1.08. The van der Waals surface area contributed by atoms with Gasteiger partial charge in [-0.2, -0.15) is 5.10 Å². The molecule has 24 heavy (non-hydrogen) atoms. The van der Waals surface area contributed by atoms with Crippen LogP contribution in [0.25, 0.3) is 5.69 Å². The summed E-state index contributed by atoms with van der Waals surface area (Å²) in [7, 11) is 0. The molecule has 0 fully saturated rings. The molecule has 3 aromatic rings. The second-order valence-electron chi connectivity index (χ2n) is 6.02. The first-order chi connectivity index (χ1) is 11.8. The Morgan fingerprint density at radius 1 is 1.08 bits per heavy atom. The van der Waals surface area contributed by atoms with Gasteiger partial charge >= 0.3 is 0 Å². The van der Waals surface area contributed by atoms with Crippen LogP contribution in [0.1, 0.15) is 29.8 Å². The van der Waals surface area contributed by atoms with Gasteiger partial charge in [-0.15, -0.1) is 0 Å². The molecular formula is C19H19ClN4. The number of hydrogen-bond acceptors (Lipinski definition) is 3. The largest absolute Gasteiger partial charge is 0.370 e. The van der Waals surface area contributed by atoms with Crippen molar-refractivity contribution in [3.05, 3.63) is 70.6 Å². The van der Waals surface area contributed by atoms with Crippen LogP contribution < -0.4 is 5.32 Å². The van der Waals surface area contributed by atoms with Crippen molar-refractivity contribution in [2.45, 2.75) is 25.7 Å². The van der Waals surface area contributed by atoms with E-state index in [9.17, 15) is 0 Å². The Balaban J connectivity index is 1.81. The van der Waals surface area contributed by atoms with Crippen molar-refractivity contribution in [1.29, 1.82) is 0 Å². The van der Waals surface area contributed by atoms with Gasteiger partial charge in [0, 0.05) is 30.4 Å².